The molecule has 2 aromatic carbocycles. The summed E-state index contributed by atoms with van der Waals surface area (Å²) in [5.41, 5.74) is 2.90. The number of anilines is 2. The van der Waals surface area contributed by atoms with Gasteiger partial charge in [0.15, 0.2) is 0 Å². The van der Waals surface area contributed by atoms with Gasteiger partial charge in [-0.2, -0.15) is 0 Å². The van der Waals surface area contributed by atoms with E-state index < -0.39 is 0 Å². The van der Waals surface area contributed by atoms with Gasteiger partial charge in [-0.3, -0.25) is 0 Å². The van der Waals surface area contributed by atoms with Crippen LogP contribution in [0.3, 0.4) is 0 Å². The molecule has 5 heteroatoms. The Labute approximate surface area is 141 Å². The highest BCUT2D eigenvalue weighted by Gasteiger charge is 2.16. The Hall–Kier alpha value is -2.56. The molecule has 0 saturated carbocycles. The lowest BCUT2D eigenvalue weighted by molar-refractivity contribution is 0.252. The van der Waals surface area contributed by atoms with Crippen LogP contribution in [0, 0.1) is 5.82 Å². The largest absolute Gasteiger partial charge is 0.370 e. The SMILES string of the molecule is O=C(NCCc1ccc(F)cc1)Nc1ccccc1N1CCCC1. The van der Waals surface area contributed by atoms with E-state index in [9.17, 15) is 9.18 Å². The summed E-state index contributed by atoms with van der Waals surface area (Å²) in [6, 6.07) is 14.0. The first-order valence-corrected chi connectivity index (χ1v) is 8.35. The number of hydrogen-bond acceptors (Lipinski definition) is 2. The van der Waals surface area contributed by atoms with Crippen molar-refractivity contribution in [2.24, 2.45) is 0 Å². The molecular formula is C19H22FN3O. The molecule has 1 heterocycles. The molecule has 1 aliphatic heterocycles. The van der Waals surface area contributed by atoms with Gasteiger partial charge in [0.2, 0.25) is 0 Å². The summed E-state index contributed by atoms with van der Waals surface area (Å²) in [5, 5.41) is 5.78. The van der Waals surface area contributed by atoms with E-state index in [-0.39, 0.29) is 11.8 Å². The van der Waals surface area contributed by atoms with Crippen molar-refractivity contribution in [1.29, 1.82) is 0 Å². The molecule has 24 heavy (non-hydrogen) atoms. The molecule has 0 bridgehead atoms. The molecule has 2 N–H and O–H groups in total. The number of carbonyl (C=O) groups excluding carboxylic acids is 1. The molecule has 1 aliphatic rings. The first-order chi connectivity index (χ1) is 11.7. The highest BCUT2D eigenvalue weighted by molar-refractivity contribution is 5.93. The van der Waals surface area contributed by atoms with Gasteiger partial charge in [0.1, 0.15) is 5.82 Å². The number of urea groups is 1. The summed E-state index contributed by atoms with van der Waals surface area (Å²) in [6.45, 7) is 2.57. The molecule has 0 atom stereocenters. The Morgan fingerprint density at radius 1 is 1.04 bits per heavy atom. The van der Waals surface area contributed by atoms with Gasteiger partial charge >= 0.3 is 6.03 Å². The van der Waals surface area contributed by atoms with Crippen molar-refractivity contribution in [2.45, 2.75) is 19.3 Å². The van der Waals surface area contributed by atoms with Gasteiger partial charge in [0.05, 0.1) is 11.4 Å². The molecule has 0 radical (unpaired) electrons. The third-order valence-corrected chi connectivity index (χ3v) is 4.21. The predicted molar refractivity (Wildman–Crippen MR) is 95.0 cm³/mol. The van der Waals surface area contributed by atoms with Crippen LogP contribution in [-0.2, 0) is 6.42 Å². The number of nitrogens with one attached hydrogen (secondary N) is 2. The third kappa shape index (κ3) is 4.25. The number of hydrogen-bond donors (Lipinski definition) is 2. The molecule has 0 spiro atoms. The van der Waals surface area contributed by atoms with Gasteiger partial charge in [0, 0.05) is 19.6 Å². The second-order valence-corrected chi connectivity index (χ2v) is 5.97. The summed E-state index contributed by atoms with van der Waals surface area (Å²) in [6.07, 6.45) is 3.05. The lowest BCUT2D eigenvalue weighted by atomic mass is 10.1. The van der Waals surface area contributed by atoms with Gasteiger partial charge in [-0.05, 0) is 49.1 Å². The molecule has 0 aliphatic carbocycles. The van der Waals surface area contributed by atoms with E-state index in [4.69, 9.17) is 0 Å². The fraction of sp³-hybridized carbons (Fsp3) is 0.316. The van der Waals surface area contributed by atoms with Gasteiger partial charge in [-0.15, -0.1) is 0 Å². The van der Waals surface area contributed by atoms with E-state index in [0.717, 1.165) is 30.0 Å². The van der Waals surface area contributed by atoms with Crippen LogP contribution in [-0.4, -0.2) is 25.7 Å². The molecule has 2 aromatic rings. The van der Waals surface area contributed by atoms with Gasteiger partial charge in [-0.25, -0.2) is 9.18 Å². The van der Waals surface area contributed by atoms with E-state index >= 15 is 0 Å². The van der Waals surface area contributed by atoms with Crippen molar-refractivity contribution in [2.75, 3.05) is 29.9 Å². The molecule has 1 fully saturated rings. The Morgan fingerprint density at radius 2 is 1.75 bits per heavy atom. The predicted octanol–water partition coefficient (Wildman–Crippen LogP) is 3.79. The average Bonchev–Trinajstić information content (AvgIpc) is 3.11. The molecule has 1 saturated heterocycles. The zero-order valence-corrected chi connectivity index (χ0v) is 13.6. The fourth-order valence-corrected chi connectivity index (χ4v) is 2.95. The standard InChI is InChI=1S/C19H22FN3O/c20-16-9-7-15(8-10-16)11-12-21-19(24)22-17-5-1-2-6-18(17)23-13-3-4-14-23/h1-2,5-10H,3-4,11-14H2,(H2,21,22,24). The number of halogens is 1. The normalized spacial score (nSPS) is 13.8. The monoisotopic (exact) mass is 327 g/mol. The van der Waals surface area contributed by atoms with Crippen LogP contribution in [0.5, 0.6) is 0 Å². The number of amides is 2. The zero-order valence-electron chi connectivity index (χ0n) is 13.6. The van der Waals surface area contributed by atoms with Crippen molar-refractivity contribution >= 4 is 17.4 Å². The second-order valence-electron chi connectivity index (χ2n) is 5.97. The maximum Gasteiger partial charge on any atom is 0.319 e. The second kappa shape index (κ2) is 7.81. The molecule has 126 valence electrons. The summed E-state index contributed by atoms with van der Waals surface area (Å²) in [7, 11) is 0. The van der Waals surface area contributed by atoms with Crippen LogP contribution < -0.4 is 15.5 Å². The quantitative estimate of drug-likeness (QED) is 0.877. The van der Waals surface area contributed by atoms with E-state index in [2.05, 4.69) is 15.5 Å². The fourth-order valence-electron chi connectivity index (χ4n) is 2.95. The van der Waals surface area contributed by atoms with E-state index in [0.29, 0.717) is 13.0 Å². The van der Waals surface area contributed by atoms with Crippen molar-refractivity contribution in [3.8, 4) is 0 Å². The highest BCUT2D eigenvalue weighted by Crippen LogP contribution is 2.28. The molecule has 0 aromatic heterocycles. The van der Waals surface area contributed by atoms with Crippen molar-refractivity contribution in [3.63, 3.8) is 0 Å². The summed E-state index contributed by atoms with van der Waals surface area (Å²) >= 11 is 0. The van der Waals surface area contributed by atoms with Crippen LogP contribution in [0.25, 0.3) is 0 Å². The van der Waals surface area contributed by atoms with Gasteiger partial charge in [-0.1, -0.05) is 24.3 Å². The number of nitrogens with zero attached hydrogens (tertiary/aromatic N) is 1. The lowest BCUT2D eigenvalue weighted by Gasteiger charge is -2.21. The zero-order chi connectivity index (χ0) is 16.8. The average molecular weight is 327 g/mol. The number of para-hydroxylation sites is 2. The first-order valence-electron chi connectivity index (χ1n) is 8.35. The van der Waals surface area contributed by atoms with Crippen LogP contribution >= 0.6 is 0 Å². The highest BCUT2D eigenvalue weighted by atomic mass is 19.1. The summed E-state index contributed by atoms with van der Waals surface area (Å²) in [5.74, 6) is -0.247. The Kier molecular flexibility index (Phi) is 5.31. The smallest absolute Gasteiger partial charge is 0.319 e. The lowest BCUT2D eigenvalue weighted by Crippen LogP contribution is -2.31. The molecular weight excluding hydrogens is 305 g/mol. The topological polar surface area (TPSA) is 44.4 Å². The van der Waals surface area contributed by atoms with E-state index in [1.807, 2.05) is 24.3 Å². The van der Waals surface area contributed by atoms with Crippen LogP contribution in [0.1, 0.15) is 18.4 Å². The third-order valence-electron chi connectivity index (χ3n) is 4.21. The van der Waals surface area contributed by atoms with Gasteiger partial charge < -0.3 is 15.5 Å². The maximum absolute atomic E-state index is 12.9. The molecule has 4 nitrogen and oxygen atoms in total. The summed E-state index contributed by atoms with van der Waals surface area (Å²) in [4.78, 5) is 14.4. The Balaban J connectivity index is 1.52. The molecule has 0 unspecified atom stereocenters. The van der Waals surface area contributed by atoms with E-state index in [1.54, 1.807) is 12.1 Å². The van der Waals surface area contributed by atoms with Crippen LogP contribution in [0.4, 0.5) is 20.6 Å². The van der Waals surface area contributed by atoms with E-state index in [1.165, 1.54) is 25.0 Å². The van der Waals surface area contributed by atoms with Crippen LogP contribution in [0.15, 0.2) is 48.5 Å². The Bertz CT molecular complexity index is 681. The van der Waals surface area contributed by atoms with Crippen LogP contribution in [0.2, 0.25) is 0 Å². The maximum atomic E-state index is 12.9. The number of benzene rings is 2. The minimum absolute atomic E-state index is 0.219. The number of rotatable bonds is 5. The van der Waals surface area contributed by atoms with Crippen molar-refractivity contribution in [1.82, 2.24) is 5.32 Å². The number of carbonyl (C=O) groups is 1. The minimum atomic E-state index is -0.247. The van der Waals surface area contributed by atoms with Gasteiger partial charge in [0.25, 0.3) is 0 Å². The van der Waals surface area contributed by atoms with Crippen molar-refractivity contribution in [3.05, 3.63) is 59.9 Å². The first kappa shape index (κ1) is 16.3. The molecule has 3 rings (SSSR count). The summed E-state index contributed by atoms with van der Waals surface area (Å²) < 4.78 is 12.9. The van der Waals surface area contributed by atoms with Crippen molar-refractivity contribution < 1.29 is 9.18 Å². The molecule has 2 amide bonds. The minimum Gasteiger partial charge on any atom is -0.370 e. The Morgan fingerprint density at radius 3 is 2.50 bits per heavy atom.